The number of rotatable bonds is 5. The third kappa shape index (κ3) is 4.07. The maximum Gasteiger partial charge on any atom is 0.231 e. The van der Waals surface area contributed by atoms with Gasteiger partial charge in [0.1, 0.15) is 0 Å². The van der Waals surface area contributed by atoms with Crippen molar-refractivity contribution in [3.05, 3.63) is 0 Å². The summed E-state index contributed by atoms with van der Waals surface area (Å²) in [5.74, 6) is -0.282. The van der Waals surface area contributed by atoms with E-state index in [9.17, 15) is 4.79 Å². The van der Waals surface area contributed by atoms with Crippen LogP contribution in [-0.4, -0.2) is 43.0 Å². The monoisotopic (exact) mass is 199 g/mol. The minimum atomic E-state index is -0.282. The molecular weight excluding hydrogens is 178 g/mol. The van der Waals surface area contributed by atoms with Crippen LogP contribution in [0.2, 0.25) is 0 Å². The predicted octanol–water partition coefficient (Wildman–Crippen LogP) is -0.0643. The van der Waals surface area contributed by atoms with Crippen LogP contribution in [0.4, 0.5) is 0 Å². The summed E-state index contributed by atoms with van der Waals surface area (Å²) in [7, 11) is 0. The fourth-order valence-electron chi connectivity index (χ4n) is 1.89. The summed E-state index contributed by atoms with van der Waals surface area (Å²) in [5, 5.41) is 3.07. The average molecular weight is 199 g/mol. The SMILES string of the molecule is CC(CNCC(N)=O)N1CCCCC1. The Morgan fingerprint density at radius 3 is 2.64 bits per heavy atom. The number of primary amides is 1. The van der Waals surface area contributed by atoms with Crippen LogP contribution in [-0.2, 0) is 4.79 Å². The number of piperidine rings is 1. The van der Waals surface area contributed by atoms with Crippen molar-refractivity contribution in [3.63, 3.8) is 0 Å². The van der Waals surface area contributed by atoms with Crippen molar-refractivity contribution < 1.29 is 4.79 Å². The van der Waals surface area contributed by atoms with Gasteiger partial charge in [0.15, 0.2) is 0 Å². The van der Waals surface area contributed by atoms with E-state index in [-0.39, 0.29) is 12.5 Å². The summed E-state index contributed by atoms with van der Waals surface area (Å²) in [4.78, 5) is 13.0. The van der Waals surface area contributed by atoms with E-state index in [1.807, 2.05) is 0 Å². The highest BCUT2D eigenvalue weighted by molar-refractivity contribution is 5.75. The Morgan fingerprint density at radius 1 is 1.43 bits per heavy atom. The molecule has 3 N–H and O–H groups in total. The van der Waals surface area contributed by atoms with Crippen LogP contribution < -0.4 is 11.1 Å². The number of hydrogen-bond donors (Lipinski definition) is 2. The van der Waals surface area contributed by atoms with Crippen LogP contribution in [0.1, 0.15) is 26.2 Å². The van der Waals surface area contributed by atoms with Gasteiger partial charge in [-0.2, -0.15) is 0 Å². The zero-order valence-electron chi connectivity index (χ0n) is 8.96. The molecule has 0 spiro atoms. The van der Waals surface area contributed by atoms with Gasteiger partial charge in [-0.05, 0) is 32.9 Å². The lowest BCUT2D eigenvalue weighted by atomic mass is 10.1. The van der Waals surface area contributed by atoms with Crippen LogP contribution >= 0.6 is 0 Å². The number of nitrogens with zero attached hydrogens (tertiary/aromatic N) is 1. The highest BCUT2D eigenvalue weighted by Crippen LogP contribution is 2.11. The quantitative estimate of drug-likeness (QED) is 0.652. The van der Waals surface area contributed by atoms with Gasteiger partial charge < -0.3 is 11.1 Å². The number of nitrogens with two attached hydrogens (primary N) is 1. The fourth-order valence-corrected chi connectivity index (χ4v) is 1.89. The van der Waals surface area contributed by atoms with Crippen LogP contribution in [0.25, 0.3) is 0 Å². The van der Waals surface area contributed by atoms with Gasteiger partial charge in [-0.25, -0.2) is 0 Å². The molecule has 0 aromatic carbocycles. The zero-order valence-corrected chi connectivity index (χ0v) is 8.96. The molecule has 4 nitrogen and oxygen atoms in total. The summed E-state index contributed by atoms with van der Waals surface area (Å²) in [6.45, 7) is 5.72. The first-order valence-corrected chi connectivity index (χ1v) is 5.43. The highest BCUT2D eigenvalue weighted by atomic mass is 16.1. The molecule has 1 heterocycles. The van der Waals surface area contributed by atoms with E-state index in [1.165, 1.54) is 32.4 Å². The molecule has 1 saturated heterocycles. The van der Waals surface area contributed by atoms with Gasteiger partial charge in [0, 0.05) is 12.6 Å². The second kappa shape index (κ2) is 5.98. The molecule has 0 aromatic rings. The van der Waals surface area contributed by atoms with E-state index >= 15 is 0 Å². The Bertz CT molecular complexity index is 178. The van der Waals surface area contributed by atoms with Crippen molar-refractivity contribution in [2.24, 2.45) is 5.73 Å². The van der Waals surface area contributed by atoms with Crippen LogP contribution in [0, 0.1) is 0 Å². The molecule has 0 aliphatic carbocycles. The molecule has 1 fully saturated rings. The minimum absolute atomic E-state index is 0.282. The lowest BCUT2D eigenvalue weighted by molar-refractivity contribution is -0.117. The summed E-state index contributed by atoms with van der Waals surface area (Å²) < 4.78 is 0. The Balaban J connectivity index is 2.13. The Labute approximate surface area is 85.8 Å². The van der Waals surface area contributed by atoms with Gasteiger partial charge in [-0.1, -0.05) is 6.42 Å². The number of likely N-dealkylation sites (tertiary alicyclic amines) is 1. The Hall–Kier alpha value is -0.610. The first kappa shape index (κ1) is 11.5. The minimum Gasteiger partial charge on any atom is -0.369 e. The van der Waals surface area contributed by atoms with Gasteiger partial charge in [0.2, 0.25) is 5.91 Å². The molecule has 0 saturated carbocycles. The number of carbonyl (C=O) groups excluding carboxylic acids is 1. The molecule has 14 heavy (non-hydrogen) atoms. The normalized spacial score (nSPS) is 20.6. The first-order chi connectivity index (χ1) is 6.70. The molecule has 0 radical (unpaired) electrons. The van der Waals surface area contributed by atoms with Crippen molar-refractivity contribution in [1.29, 1.82) is 0 Å². The molecule has 1 rings (SSSR count). The molecule has 1 amide bonds. The summed E-state index contributed by atoms with van der Waals surface area (Å²) in [6.07, 6.45) is 3.97. The molecule has 0 bridgehead atoms. The van der Waals surface area contributed by atoms with E-state index in [1.54, 1.807) is 0 Å². The van der Waals surface area contributed by atoms with Crippen LogP contribution in [0.5, 0.6) is 0 Å². The lowest BCUT2D eigenvalue weighted by Crippen LogP contribution is -2.44. The van der Waals surface area contributed by atoms with Gasteiger partial charge in [-0.3, -0.25) is 9.69 Å². The van der Waals surface area contributed by atoms with E-state index in [0.29, 0.717) is 6.04 Å². The largest absolute Gasteiger partial charge is 0.369 e. The number of carbonyl (C=O) groups is 1. The van der Waals surface area contributed by atoms with Crippen molar-refractivity contribution >= 4 is 5.91 Å². The van der Waals surface area contributed by atoms with Gasteiger partial charge in [-0.15, -0.1) is 0 Å². The molecule has 4 heteroatoms. The summed E-state index contributed by atoms with van der Waals surface area (Å²) >= 11 is 0. The number of amides is 1. The third-order valence-corrected chi connectivity index (χ3v) is 2.75. The van der Waals surface area contributed by atoms with E-state index in [2.05, 4.69) is 17.1 Å². The van der Waals surface area contributed by atoms with Gasteiger partial charge in [0.05, 0.1) is 6.54 Å². The van der Waals surface area contributed by atoms with Crippen LogP contribution in [0.3, 0.4) is 0 Å². The second-order valence-electron chi connectivity index (χ2n) is 4.04. The molecule has 1 aliphatic rings. The van der Waals surface area contributed by atoms with Crippen molar-refractivity contribution in [3.8, 4) is 0 Å². The Morgan fingerprint density at radius 2 is 2.07 bits per heavy atom. The topological polar surface area (TPSA) is 58.4 Å². The lowest BCUT2D eigenvalue weighted by Gasteiger charge is -2.32. The van der Waals surface area contributed by atoms with E-state index in [0.717, 1.165) is 6.54 Å². The van der Waals surface area contributed by atoms with E-state index < -0.39 is 0 Å². The van der Waals surface area contributed by atoms with Gasteiger partial charge >= 0.3 is 0 Å². The molecular formula is C10H21N3O. The second-order valence-corrected chi connectivity index (χ2v) is 4.04. The first-order valence-electron chi connectivity index (χ1n) is 5.43. The maximum absolute atomic E-state index is 10.5. The number of nitrogens with one attached hydrogen (secondary N) is 1. The standard InChI is InChI=1S/C10H21N3O/c1-9(7-12-8-10(11)14)13-5-3-2-4-6-13/h9,12H,2-8H2,1H3,(H2,11,14). The summed E-state index contributed by atoms with van der Waals surface area (Å²) in [5.41, 5.74) is 5.04. The predicted molar refractivity (Wildman–Crippen MR) is 57.0 cm³/mol. The molecule has 82 valence electrons. The fraction of sp³-hybridized carbons (Fsp3) is 0.900. The molecule has 1 aliphatic heterocycles. The molecule has 1 unspecified atom stereocenters. The maximum atomic E-state index is 10.5. The van der Waals surface area contributed by atoms with Crippen LogP contribution in [0.15, 0.2) is 0 Å². The molecule has 1 atom stereocenters. The van der Waals surface area contributed by atoms with Crippen molar-refractivity contribution in [2.75, 3.05) is 26.2 Å². The highest BCUT2D eigenvalue weighted by Gasteiger charge is 2.15. The summed E-state index contributed by atoms with van der Waals surface area (Å²) in [6, 6.07) is 0.509. The average Bonchev–Trinajstić information content (AvgIpc) is 2.18. The smallest absolute Gasteiger partial charge is 0.231 e. The van der Waals surface area contributed by atoms with Gasteiger partial charge in [0.25, 0.3) is 0 Å². The number of hydrogen-bond acceptors (Lipinski definition) is 3. The van der Waals surface area contributed by atoms with E-state index in [4.69, 9.17) is 5.73 Å². The Kier molecular flexibility index (Phi) is 4.90. The van der Waals surface area contributed by atoms with Crippen molar-refractivity contribution in [2.45, 2.75) is 32.2 Å². The third-order valence-electron chi connectivity index (χ3n) is 2.75. The zero-order chi connectivity index (χ0) is 10.4. The molecule has 0 aromatic heterocycles. The van der Waals surface area contributed by atoms with Crippen molar-refractivity contribution in [1.82, 2.24) is 10.2 Å².